The molecule has 82 valence electrons. The van der Waals surface area contributed by atoms with Crippen LogP contribution in [-0.2, 0) is 5.41 Å². The lowest BCUT2D eigenvalue weighted by Crippen LogP contribution is -2.16. The van der Waals surface area contributed by atoms with Crippen LogP contribution in [0.1, 0.15) is 49.5 Å². The molecule has 1 N–H and O–H groups in total. The Kier molecular flexibility index (Phi) is 3.51. The summed E-state index contributed by atoms with van der Waals surface area (Å²) in [5.74, 6) is 0.220. The van der Waals surface area contributed by atoms with Gasteiger partial charge in [0.25, 0.3) is 0 Å². The minimum atomic E-state index is -0.0414. The van der Waals surface area contributed by atoms with Crippen molar-refractivity contribution in [2.75, 3.05) is 0 Å². The van der Waals surface area contributed by atoms with Crippen LogP contribution in [0.25, 0.3) is 0 Å². The lowest BCUT2D eigenvalue weighted by Gasteiger charge is -2.25. The van der Waals surface area contributed by atoms with E-state index in [9.17, 15) is 9.90 Å². The SMILES string of the molecule is CCCC(C)(C)c1ccc(C=O)cc1O. The lowest BCUT2D eigenvalue weighted by molar-refractivity contribution is 0.112. The average Bonchev–Trinajstić information content (AvgIpc) is 2.17. The first kappa shape index (κ1) is 11.8. The van der Waals surface area contributed by atoms with Gasteiger partial charge >= 0.3 is 0 Å². The van der Waals surface area contributed by atoms with Crippen molar-refractivity contribution in [2.45, 2.75) is 39.0 Å². The van der Waals surface area contributed by atoms with Crippen molar-refractivity contribution < 1.29 is 9.90 Å². The lowest BCUT2D eigenvalue weighted by atomic mass is 9.80. The van der Waals surface area contributed by atoms with Gasteiger partial charge in [-0.2, -0.15) is 0 Å². The fraction of sp³-hybridized carbons (Fsp3) is 0.462. The van der Waals surface area contributed by atoms with Crippen LogP contribution < -0.4 is 0 Å². The highest BCUT2D eigenvalue weighted by Gasteiger charge is 2.22. The summed E-state index contributed by atoms with van der Waals surface area (Å²) in [6, 6.07) is 5.12. The fourth-order valence-electron chi connectivity index (χ4n) is 1.95. The van der Waals surface area contributed by atoms with E-state index in [1.165, 1.54) is 6.07 Å². The molecular weight excluding hydrogens is 188 g/mol. The number of rotatable bonds is 4. The van der Waals surface area contributed by atoms with Crippen LogP contribution >= 0.6 is 0 Å². The number of hydrogen-bond donors (Lipinski definition) is 1. The van der Waals surface area contributed by atoms with Gasteiger partial charge in [-0.25, -0.2) is 0 Å². The van der Waals surface area contributed by atoms with Gasteiger partial charge in [-0.15, -0.1) is 0 Å². The first-order valence-corrected chi connectivity index (χ1v) is 5.30. The fourth-order valence-corrected chi connectivity index (χ4v) is 1.95. The molecule has 0 saturated carbocycles. The van der Waals surface area contributed by atoms with Gasteiger partial charge in [-0.1, -0.05) is 39.3 Å². The molecule has 0 aromatic heterocycles. The first-order chi connectivity index (χ1) is 7.01. The van der Waals surface area contributed by atoms with Crippen LogP contribution in [0.15, 0.2) is 18.2 Å². The second kappa shape index (κ2) is 4.47. The van der Waals surface area contributed by atoms with Crippen molar-refractivity contribution in [2.24, 2.45) is 0 Å². The van der Waals surface area contributed by atoms with E-state index >= 15 is 0 Å². The highest BCUT2D eigenvalue weighted by molar-refractivity contribution is 5.76. The minimum absolute atomic E-state index is 0.0414. The van der Waals surface area contributed by atoms with Crippen molar-refractivity contribution in [3.05, 3.63) is 29.3 Å². The van der Waals surface area contributed by atoms with E-state index in [0.717, 1.165) is 24.7 Å². The largest absolute Gasteiger partial charge is 0.508 e. The molecule has 15 heavy (non-hydrogen) atoms. The van der Waals surface area contributed by atoms with Crippen LogP contribution in [0.5, 0.6) is 5.75 Å². The summed E-state index contributed by atoms with van der Waals surface area (Å²) in [6.45, 7) is 6.33. The number of hydrogen-bond acceptors (Lipinski definition) is 2. The van der Waals surface area contributed by atoms with E-state index in [0.29, 0.717) is 5.56 Å². The Morgan fingerprint density at radius 1 is 1.40 bits per heavy atom. The molecule has 0 radical (unpaired) electrons. The quantitative estimate of drug-likeness (QED) is 0.767. The minimum Gasteiger partial charge on any atom is -0.508 e. The number of carbonyl (C=O) groups excluding carboxylic acids is 1. The van der Waals surface area contributed by atoms with E-state index in [2.05, 4.69) is 20.8 Å². The van der Waals surface area contributed by atoms with E-state index in [-0.39, 0.29) is 11.2 Å². The maximum Gasteiger partial charge on any atom is 0.150 e. The van der Waals surface area contributed by atoms with Crippen molar-refractivity contribution in [3.63, 3.8) is 0 Å². The predicted octanol–water partition coefficient (Wildman–Crippen LogP) is 3.28. The van der Waals surface area contributed by atoms with Gasteiger partial charge in [0.2, 0.25) is 0 Å². The van der Waals surface area contributed by atoms with Gasteiger partial charge in [0.1, 0.15) is 12.0 Å². The van der Waals surface area contributed by atoms with Gasteiger partial charge in [0.05, 0.1) is 0 Å². The standard InChI is InChI=1S/C13H18O2/c1-4-7-13(2,3)11-6-5-10(9-14)8-12(11)15/h5-6,8-9,15H,4,7H2,1-3H3. The molecule has 0 amide bonds. The number of aromatic hydroxyl groups is 1. The molecule has 0 saturated heterocycles. The third kappa shape index (κ3) is 2.58. The molecule has 0 heterocycles. The molecule has 0 atom stereocenters. The number of phenols is 1. The van der Waals surface area contributed by atoms with E-state index in [4.69, 9.17) is 0 Å². The number of aldehydes is 1. The van der Waals surface area contributed by atoms with Crippen molar-refractivity contribution in [1.82, 2.24) is 0 Å². The molecule has 0 aliphatic rings. The maximum atomic E-state index is 10.5. The molecule has 1 rings (SSSR count). The van der Waals surface area contributed by atoms with E-state index in [1.807, 2.05) is 6.07 Å². The normalized spacial score (nSPS) is 11.4. The van der Waals surface area contributed by atoms with Crippen LogP contribution in [0.2, 0.25) is 0 Å². The Labute approximate surface area is 90.9 Å². The maximum absolute atomic E-state index is 10.5. The Hall–Kier alpha value is -1.31. The molecule has 1 aromatic carbocycles. The van der Waals surface area contributed by atoms with Crippen LogP contribution in [0, 0.1) is 0 Å². The molecule has 1 aromatic rings. The van der Waals surface area contributed by atoms with Crippen molar-refractivity contribution in [3.8, 4) is 5.75 Å². The van der Waals surface area contributed by atoms with E-state index in [1.54, 1.807) is 6.07 Å². The number of phenolic OH excluding ortho intramolecular Hbond substituents is 1. The summed E-state index contributed by atoms with van der Waals surface area (Å²) < 4.78 is 0. The molecule has 0 spiro atoms. The summed E-state index contributed by atoms with van der Waals surface area (Å²) in [5.41, 5.74) is 1.39. The third-order valence-electron chi connectivity index (χ3n) is 2.76. The van der Waals surface area contributed by atoms with Gasteiger partial charge in [0, 0.05) is 5.56 Å². The number of benzene rings is 1. The van der Waals surface area contributed by atoms with Gasteiger partial charge < -0.3 is 5.11 Å². The molecule has 2 nitrogen and oxygen atoms in total. The first-order valence-electron chi connectivity index (χ1n) is 5.30. The Balaban J connectivity index is 3.09. The van der Waals surface area contributed by atoms with Crippen molar-refractivity contribution >= 4 is 6.29 Å². The van der Waals surface area contributed by atoms with Gasteiger partial charge in [-0.3, -0.25) is 4.79 Å². The van der Waals surface area contributed by atoms with Crippen molar-refractivity contribution in [1.29, 1.82) is 0 Å². The molecule has 0 aliphatic carbocycles. The monoisotopic (exact) mass is 206 g/mol. The summed E-state index contributed by atoms with van der Waals surface area (Å²) in [6.07, 6.45) is 2.83. The predicted molar refractivity (Wildman–Crippen MR) is 61.4 cm³/mol. The molecule has 2 heteroatoms. The smallest absolute Gasteiger partial charge is 0.150 e. The Bertz CT molecular complexity index is 354. The van der Waals surface area contributed by atoms with Crippen LogP contribution in [-0.4, -0.2) is 11.4 Å². The third-order valence-corrected chi connectivity index (χ3v) is 2.76. The van der Waals surface area contributed by atoms with Gasteiger partial charge in [-0.05, 0) is 23.5 Å². The summed E-state index contributed by atoms with van der Waals surface area (Å²) in [7, 11) is 0. The molecule has 0 bridgehead atoms. The zero-order valence-electron chi connectivity index (χ0n) is 9.58. The topological polar surface area (TPSA) is 37.3 Å². The number of carbonyl (C=O) groups is 1. The summed E-state index contributed by atoms with van der Waals surface area (Å²) in [4.78, 5) is 10.5. The summed E-state index contributed by atoms with van der Waals surface area (Å²) in [5, 5.41) is 9.83. The Morgan fingerprint density at radius 3 is 2.53 bits per heavy atom. The highest BCUT2D eigenvalue weighted by Crippen LogP contribution is 2.34. The van der Waals surface area contributed by atoms with Gasteiger partial charge in [0.15, 0.2) is 0 Å². The molecule has 0 fully saturated rings. The zero-order chi connectivity index (χ0) is 11.5. The van der Waals surface area contributed by atoms with E-state index < -0.39 is 0 Å². The molecular formula is C13H18O2. The molecule has 0 aliphatic heterocycles. The highest BCUT2D eigenvalue weighted by atomic mass is 16.3. The second-order valence-electron chi connectivity index (χ2n) is 4.53. The molecule has 0 unspecified atom stereocenters. The van der Waals surface area contributed by atoms with Crippen LogP contribution in [0.3, 0.4) is 0 Å². The average molecular weight is 206 g/mol. The Morgan fingerprint density at radius 2 is 2.07 bits per heavy atom. The second-order valence-corrected chi connectivity index (χ2v) is 4.53. The summed E-state index contributed by atoms with van der Waals surface area (Å²) >= 11 is 0. The zero-order valence-corrected chi connectivity index (χ0v) is 9.58. The van der Waals surface area contributed by atoms with Crippen LogP contribution in [0.4, 0.5) is 0 Å².